The standard InChI is InChI=1S/C18H21Cl2NO2S/c1-12(13-5-7-14(8-6-13)18(2,3)4)21-24(22,23)17-11-15(19)9-10-16(17)20/h5-12,21H,1-4H3/t12-/m0/s1. The molecule has 0 aliphatic carbocycles. The molecule has 0 aliphatic rings. The molecule has 6 heteroatoms. The Morgan fingerprint density at radius 1 is 1.00 bits per heavy atom. The lowest BCUT2D eigenvalue weighted by molar-refractivity contribution is 0.566. The predicted octanol–water partition coefficient (Wildman–Crippen LogP) is 5.33. The first kappa shape index (κ1) is 19.3. The molecule has 0 aliphatic heterocycles. The van der Waals surface area contributed by atoms with Crippen LogP contribution in [0.25, 0.3) is 0 Å². The maximum Gasteiger partial charge on any atom is 0.242 e. The van der Waals surface area contributed by atoms with Gasteiger partial charge in [0, 0.05) is 11.1 Å². The van der Waals surface area contributed by atoms with E-state index in [9.17, 15) is 8.42 Å². The monoisotopic (exact) mass is 385 g/mol. The largest absolute Gasteiger partial charge is 0.242 e. The van der Waals surface area contributed by atoms with E-state index in [1.165, 1.54) is 17.7 Å². The smallest absolute Gasteiger partial charge is 0.207 e. The zero-order chi connectivity index (χ0) is 18.1. The van der Waals surface area contributed by atoms with E-state index in [1.807, 2.05) is 24.3 Å². The van der Waals surface area contributed by atoms with Crippen LogP contribution in [0.1, 0.15) is 44.9 Å². The van der Waals surface area contributed by atoms with Crippen LogP contribution in [0.4, 0.5) is 0 Å². The number of hydrogen-bond donors (Lipinski definition) is 1. The summed E-state index contributed by atoms with van der Waals surface area (Å²) in [6.07, 6.45) is 0. The molecular weight excluding hydrogens is 365 g/mol. The average Bonchev–Trinajstić information content (AvgIpc) is 2.48. The van der Waals surface area contributed by atoms with Crippen LogP contribution in [0.15, 0.2) is 47.4 Å². The van der Waals surface area contributed by atoms with Crippen LogP contribution in [-0.2, 0) is 15.4 Å². The molecule has 2 aromatic carbocycles. The lowest BCUT2D eigenvalue weighted by Crippen LogP contribution is -2.27. The minimum absolute atomic E-state index is 0.0187. The summed E-state index contributed by atoms with van der Waals surface area (Å²) in [5.41, 5.74) is 2.12. The molecule has 0 bridgehead atoms. The molecule has 0 saturated carbocycles. The fraction of sp³-hybridized carbons (Fsp3) is 0.333. The third-order valence-electron chi connectivity index (χ3n) is 3.79. The van der Waals surface area contributed by atoms with Crippen molar-refractivity contribution >= 4 is 33.2 Å². The van der Waals surface area contributed by atoms with Crippen LogP contribution in [0.5, 0.6) is 0 Å². The molecule has 0 aromatic heterocycles. The van der Waals surface area contributed by atoms with Crippen molar-refractivity contribution in [1.29, 1.82) is 0 Å². The molecule has 0 spiro atoms. The number of rotatable bonds is 4. The van der Waals surface area contributed by atoms with E-state index in [2.05, 4.69) is 25.5 Å². The minimum Gasteiger partial charge on any atom is -0.207 e. The first-order valence-electron chi connectivity index (χ1n) is 7.58. The highest BCUT2D eigenvalue weighted by molar-refractivity contribution is 7.89. The Morgan fingerprint density at radius 3 is 2.12 bits per heavy atom. The van der Waals surface area contributed by atoms with Crippen LogP contribution in [0.2, 0.25) is 10.0 Å². The van der Waals surface area contributed by atoms with Gasteiger partial charge in [-0.2, -0.15) is 0 Å². The highest BCUT2D eigenvalue weighted by atomic mass is 35.5. The van der Waals surface area contributed by atoms with E-state index in [-0.39, 0.29) is 21.4 Å². The number of nitrogens with one attached hydrogen (secondary N) is 1. The van der Waals surface area contributed by atoms with Crippen LogP contribution in [0.3, 0.4) is 0 Å². The van der Waals surface area contributed by atoms with E-state index in [1.54, 1.807) is 13.0 Å². The van der Waals surface area contributed by atoms with Gasteiger partial charge in [0.15, 0.2) is 0 Å². The van der Waals surface area contributed by atoms with Gasteiger partial charge < -0.3 is 0 Å². The van der Waals surface area contributed by atoms with Gasteiger partial charge in [0.05, 0.1) is 5.02 Å². The van der Waals surface area contributed by atoms with E-state index in [0.717, 1.165) is 5.56 Å². The Kier molecular flexibility index (Phi) is 5.65. The normalized spacial score (nSPS) is 13.8. The molecule has 0 fully saturated rings. The zero-order valence-corrected chi connectivity index (χ0v) is 16.4. The molecule has 24 heavy (non-hydrogen) atoms. The molecule has 1 atom stereocenters. The fourth-order valence-corrected chi connectivity index (χ4v) is 4.31. The molecule has 1 N–H and O–H groups in total. The van der Waals surface area contributed by atoms with Gasteiger partial charge in [-0.1, -0.05) is 68.2 Å². The number of benzene rings is 2. The van der Waals surface area contributed by atoms with Crippen molar-refractivity contribution in [1.82, 2.24) is 4.72 Å². The SMILES string of the molecule is C[C@H](NS(=O)(=O)c1cc(Cl)ccc1Cl)c1ccc(C(C)(C)C)cc1. The third-order valence-corrected chi connectivity index (χ3v) is 6.05. The number of hydrogen-bond acceptors (Lipinski definition) is 2. The summed E-state index contributed by atoms with van der Waals surface area (Å²) < 4.78 is 27.8. The summed E-state index contributed by atoms with van der Waals surface area (Å²) in [4.78, 5) is -0.0187. The van der Waals surface area contributed by atoms with Crippen LogP contribution in [-0.4, -0.2) is 8.42 Å². The first-order chi connectivity index (χ1) is 11.0. The maximum absolute atomic E-state index is 12.6. The van der Waals surface area contributed by atoms with E-state index in [4.69, 9.17) is 23.2 Å². The highest BCUT2D eigenvalue weighted by Gasteiger charge is 2.22. The molecule has 130 valence electrons. The molecular formula is C18H21Cl2NO2S. The van der Waals surface area contributed by atoms with Gasteiger partial charge in [-0.25, -0.2) is 13.1 Å². The molecule has 0 amide bonds. The Balaban J connectivity index is 2.25. The summed E-state index contributed by atoms with van der Waals surface area (Å²) in [5.74, 6) is 0. The van der Waals surface area contributed by atoms with Crippen molar-refractivity contribution in [2.75, 3.05) is 0 Å². The predicted molar refractivity (Wildman–Crippen MR) is 100 cm³/mol. The van der Waals surface area contributed by atoms with Crippen LogP contribution >= 0.6 is 23.2 Å². The molecule has 0 radical (unpaired) electrons. The quantitative estimate of drug-likeness (QED) is 0.772. The van der Waals surface area contributed by atoms with E-state index < -0.39 is 10.0 Å². The van der Waals surface area contributed by atoms with Crippen LogP contribution < -0.4 is 4.72 Å². The summed E-state index contributed by atoms with van der Waals surface area (Å²) in [6, 6.07) is 11.9. The second-order valence-corrected chi connectivity index (χ2v) is 9.32. The molecule has 0 heterocycles. The van der Waals surface area contributed by atoms with Gasteiger partial charge in [-0.15, -0.1) is 0 Å². The summed E-state index contributed by atoms with van der Waals surface area (Å²) >= 11 is 11.9. The van der Waals surface area contributed by atoms with Gasteiger partial charge in [0.25, 0.3) is 0 Å². The Morgan fingerprint density at radius 2 is 1.58 bits per heavy atom. The Hall–Kier alpha value is -1.07. The topological polar surface area (TPSA) is 46.2 Å². The highest BCUT2D eigenvalue weighted by Crippen LogP contribution is 2.27. The lowest BCUT2D eigenvalue weighted by Gasteiger charge is -2.21. The Bertz CT molecular complexity index is 825. The van der Waals surface area contributed by atoms with E-state index >= 15 is 0 Å². The van der Waals surface area contributed by atoms with E-state index in [0.29, 0.717) is 5.02 Å². The molecule has 3 nitrogen and oxygen atoms in total. The van der Waals surface area contributed by atoms with Gasteiger partial charge in [-0.05, 0) is 41.7 Å². The minimum atomic E-state index is -3.77. The van der Waals surface area contributed by atoms with Crippen molar-refractivity contribution < 1.29 is 8.42 Å². The van der Waals surface area contributed by atoms with Crippen molar-refractivity contribution in [2.24, 2.45) is 0 Å². The second-order valence-electron chi connectivity index (χ2n) is 6.79. The molecule has 0 saturated heterocycles. The van der Waals surface area contributed by atoms with Crippen molar-refractivity contribution in [2.45, 2.75) is 44.0 Å². The molecule has 0 unspecified atom stereocenters. The first-order valence-corrected chi connectivity index (χ1v) is 9.82. The number of sulfonamides is 1. The summed E-state index contributed by atoms with van der Waals surface area (Å²) in [6.45, 7) is 8.20. The lowest BCUT2D eigenvalue weighted by atomic mass is 9.86. The summed E-state index contributed by atoms with van der Waals surface area (Å²) in [7, 11) is -3.77. The summed E-state index contributed by atoms with van der Waals surface area (Å²) in [5, 5.41) is 0.462. The number of halogens is 2. The van der Waals surface area contributed by atoms with Crippen molar-refractivity contribution in [3.63, 3.8) is 0 Å². The second kappa shape index (κ2) is 7.04. The van der Waals surface area contributed by atoms with Crippen molar-refractivity contribution in [3.8, 4) is 0 Å². The Labute approximate surface area is 154 Å². The maximum atomic E-state index is 12.6. The fourth-order valence-electron chi connectivity index (χ4n) is 2.32. The van der Waals surface area contributed by atoms with Gasteiger partial charge in [-0.3, -0.25) is 0 Å². The molecule has 2 aromatic rings. The molecule has 2 rings (SSSR count). The average molecular weight is 386 g/mol. The zero-order valence-electron chi connectivity index (χ0n) is 14.1. The van der Waals surface area contributed by atoms with Gasteiger partial charge in [0.1, 0.15) is 4.90 Å². The van der Waals surface area contributed by atoms with Gasteiger partial charge in [0.2, 0.25) is 10.0 Å². The van der Waals surface area contributed by atoms with Gasteiger partial charge >= 0.3 is 0 Å². The van der Waals surface area contributed by atoms with Crippen LogP contribution in [0, 0.1) is 0 Å². The van der Waals surface area contributed by atoms with Crippen molar-refractivity contribution in [3.05, 3.63) is 63.6 Å². The third kappa shape index (κ3) is 4.51.